The van der Waals surface area contributed by atoms with Crippen molar-refractivity contribution in [1.29, 1.82) is 0 Å². The molecule has 0 unspecified atom stereocenters. The molecule has 2 aliphatic rings. The van der Waals surface area contributed by atoms with Gasteiger partial charge in [-0.3, -0.25) is 19.1 Å². The molecule has 2 saturated heterocycles. The summed E-state index contributed by atoms with van der Waals surface area (Å²) in [6.07, 6.45) is -1.66. The van der Waals surface area contributed by atoms with E-state index < -0.39 is 48.2 Å². The largest absolute Gasteiger partial charge is 0.497 e. The summed E-state index contributed by atoms with van der Waals surface area (Å²) in [5.74, 6) is -2.25. The van der Waals surface area contributed by atoms with Crippen LogP contribution in [0.5, 0.6) is 0 Å². The van der Waals surface area contributed by atoms with Crippen molar-refractivity contribution in [1.82, 2.24) is 14.7 Å². The van der Waals surface area contributed by atoms with Crippen molar-refractivity contribution >= 4 is 46.8 Å². The van der Waals surface area contributed by atoms with Gasteiger partial charge in [0.2, 0.25) is 11.8 Å². The number of rotatable bonds is 6. The van der Waals surface area contributed by atoms with Gasteiger partial charge in [0, 0.05) is 24.2 Å². The van der Waals surface area contributed by atoms with E-state index in [1.165, 1.54) is 23.7 Å². The van der Waals surface area contributed by atoms with Crippen LogP contribution >= 0.6 is 0 Å². The Bertz CT molecular complexity index is 1490. The summed E-state index contributed by atoms with van der Waals surface area (Å²) in [5.41, 5.74) is -0.591. The highest BCUT2D eigenvalue weighted by Crippen LogP contribution is 2.37. The van der Waals surface area contributed by atoms with Crippen LogP contribution in [-0.4, -0.2) is 69.4 Å². The average Bonchev–Trinajstić information content (AvgIpc) is 3.51. The fourth-order valence-electron chi connectivity index (χ4n) is 5.05. The molecule has 210 valence electrons. The Morgan fingerprint density at radius 3 is 2.42 bits per heavy atom. The number of hydrogen-bond donors (Lipinski definition) is 1. The molecule has 9 nitrogen and oxygen atoms in total. The molecule has 0 bridgehead atoms. The third kappa shape index (κ3) is 4.90. The first-order valence-corrected chi connectivity index (χ1v) is 13.1. The van der Waals surface area contributed by atoms with Gasteiger partial charge in [-0.05, 0) is 39.8 Å². The molecule has 1 N–H and O–H groups in total. The second-order valence-corrected chi connectivity index (χ2v) is 11.3. The highest BCUT2D eigenvalue weighted by atomic mass is 19.1. The van der Waals surface area contributed by atoms with Crippen LogP contribution in [0.25, 0.3) is 10.9 Å². The summed E-state index contributed by atoms with van der Waals surface area (Å²) in [4.78, 5) is 39.7. The molecule has 3 aromatic rings. The Labute approximate surface area is 230 Å². The number of carbonyl (C=O) groups excluding carboxylic acids is 3. The fraction of sp³-hybridized carbons (Fsp3) is 0.429. The third-order valence-corrected chi connectivity index (χ3v) is 7.94. The number of aromatic nitrogens is 2. The van der Waals surface area contributed by atoms with Gasteiger partial charge in [-0.15, -0.1) is 0 Å². The van der Waals surface area contributed by atoms with Crippen molar-refractivity contribution < 1.29 is 32.5 Å². The van der Waals surface area contributed by atoms with Crippen LogP contribution in [0.1, 0.15) is 51.5 Å². The van der Waals surface area contributed by atoms with E-state index in [0.29, 0.717) is 10.9 Å². The molecule has 2 amide bonds. The molecule has 0 aliphatic carbocycles. The Kier molecular flexibility index (Phi) is 7.04. The normalized spacial score (nSPS) is 21.7. The van der Waals surface area contributed by atoms with E-state index in [0.717, 1.165) is 4.90 Å². The van der Waals surface area contributed by atoms with Gasteiger partial charge >= 0.3 is 7.12 Å². The SMILES string of the molecule is CC(=O)c1nn(CC(=O)N2C[C@H](F)C[C@H]2C(=O)Nc2cccc(B3OC(C)(C)C(C)(C)O3)c2F)c2ccccc12. The van der Waals surface area contributed by atoms with Crippen LogP contribution in [0.15, 0.2) is 42.5 Å². The number of halogens is 2. The summed E-state index contributed by atoms with van der Waals surface area (Å²) in [5, 5.41) is 7.41. The van der Waals surface area contributed by atoms with Gasteiger partial charge in [-0.1, -0.05) is 30.3 Å². The molecule has 0 spiro atoms. The predicted molar refractivity (Wildman–Crippen MR) is 145 cm³/mol. The maximum Gasteiger partial charge on any atom is 0.497 e. The maximum absolute atomic E-state index is 15.5. The van der Waals surface area contributed by atoms with Crippen LogP contribution in [0.4, 0.5) is 14.5 Å². The second kappa shape index (κ2) is 10.1. The summed E-state index contributed by atoms with van der Waals surface area (Å²) in [6.45, 7) is 8.20. The Morgan fingerprint density at radius 1 is 1.07 bits per heavy atom. The number of anilines is 1. The zero-order valence-corrected chi connectivity index (χ0v) is 23.0. The molecular weight excluding hydrogens is 521 g/mol. The van der Waals surface area contributed by atoms with Gasteiger partial charge in [0.1, 0.15) is 30.3 Å². The molecule has 0 saturated carbocycles. The molecule has 2 fully saturated rings. The molecule has 3 heterocycles. The molecule has 2 atom stereocenters. The van der Waals surface area contributed by atoms with E-state index in [-0.39, 0.29) is 42.1 Å². The number of alkyl halides is 1. The van der Waals surface area contributed by atoms with Gasteiger partial charge in [0.15, 0.2) is 5.78 Å². The minimum atomic E-state index is -1.43. The summed E-state index contributed by atoms with van der Waals surface area (Å²) in [6, 6.07) is 10.3. The highest BCUT2D eigenvalue weighted by Gasteiger charge is 2.52. The van der Waals surface area contributed by atoms with E-state index in [2.05, 4.69) is 10.4 Å². The van der Waals surface area contributed by atoms with E-state index in [9.17, 15) is 18.8 Å². The first kappa shape index (κ1) is 27.9. The van der Waals surface area contributed by atoms with Crippen LogP contribution in [0.3, 0.4) is 0 Å². The number of Topliss-reactive ketones (excluding diaryl/α,β-unsaturated/α-hetero) is 1. The second-order valence-electron chi connectivity index (χ2n) is 11.3. The summed E-state index contributed by atoms with van der Waals surface area (Å²) < 4.78 is 43.4. The van der Waals surface area contributed by atoms with Crippen LogP contribution in [0.2, 0.25) is 0 Å². The molecule has 5 rings (SSSR count). The topological polar surface area (TPSA) is 103 Å². The standard InChI is InChI=1S/C28H31BF2N4O5/c1-16(36)25-18-9-6-7-12-21(18)35(33-25)15-23(37)34-14-17(30)13-22(34)26(38)32-20-11-8-10-19(24(20)31)29-39-27(2,3)28(4,5)40-29/h6-12,17,22H,13-15H2,1-5H3,(H,32,38)/t17-,22+/m1/s1. The number of ketones is 1. The van der Waals surface area contributed by atoms with Crippen LogP contribution in [-0.2, 0) is 25.4 Å². The van der Waals surface area contributed by atoms with E-state index in [1.54, 1.807) is 30.3 Å². The molecule has 2 aromatic carbocycles. The van der Waals surface area contributed by atoms with Crippen LogP contribution < -0.4 is 10.8 Å². The zero-order valence-electron chi connectivity index (χ0n) is 23.0. The highest BCUT2D eigenvalue weighted by molar-refractivity contribution is 6.62. The quantitative estimate of drug-likeness (QED) is 0.372. The Morgan fingerprint density at radius 2 is 1.75 bits per heavy atom. The molecular formula is C28H31BF2N4O5. The summed E-state index contributed by atoms with van der Waals surface area (Å²) in [7, 11) is -0.981. The van der Waals surface area contributed by atoms with Gasteiger partial charge in [-0.2, -0.15) is 5.10 Å². The molecule has 40 heavy (non-hydrogen) atoms. The molecule has 0 radical (unpaired) electrons. The lowest BCUT2D eigenvalue weighted by atomic mass is 9.78. The number of fused-ring (bicyclic) bond motifs is 1. The number of benzene rings is 2. The monoisotopic (exact) mass is 552 g/mol. The smallest absolute Gasteiger partial charge is 0.399 e. The molecule has 2 aliphatic heterocycles. The number of likely N-dealkylation sites (tertiary alicyclic amines) is 1. The number of carbonyl (C=O) groups is 3. The van der Waals surface area contributed by atoms with Gasteiger partial charge < -0.3 is 19.5 Å². The fourth-order valence-corrected chi connectivity index (χ4v) is 5.05. The van der Waals surface area contributed by atoms with Crippen molar-refractivity contribution in [2.45, 2.75) is 71.0 Å². The predicted octanol–water partition coefficient (Wildman–Crippen LogP) is 3.25. The first-order chi connectivity index (χ1) is 18.8. The minimum Gasteiger partial charge on any atom is -0.399 e. The van der Waals surface area contributed by atoms with E-state index >= 15 is 4.39 Å². The summed E-state index contributed by atoms with van der Waals surface area (Å²) >= 11 is 0. The average molecular weight is 552 g/mol. The van der Waals surface area contributed by atoms with E-state index in [4.69, 9.17) is 9.31 Å². The lowest BCUT2D eigenvalue weighted by Crippen LogP contribution is -2.45. The van der Waals surface area contributed by atoms with Crippen molar-refractivity contribution in [3.05, 3.63) is 54.0 Å². The van der Waals surface area contributed by atoms with E-state index in [1.807, 2.05) is 27.7 Å². The lowest BCUT2D eigenvalue weighted by Gasteiger charge is -2.32. The van der Waals surface area contributed by atoms with Gasteiger partial charge in [-0.25, -0.2) is 8.78 Å². The lowest BCUT2D eigenvalue weighted by molar-refractivity contribution is -0.137. The van der Waals surface area contributed by atoms with Crippen molar-refractivity contribution in [3.8, 4) is 0 Å². The van der Waals surface area contributed by atoms with Gasteiger partial charge in [0.05, 0.1) is 29.0 Å². The Balaban J connectivity index is 1.34. The Hall–Kier alpha value is -3.64. The number of para-hydroxylation sites is 1. The van der Waals surface area contributed by atoms with Gasteiger partial charge in [0.25, 0.3) is 0 Å². The minimum absolute atomic E-state index is 0.117. The van der Waals surface area contributed by atoms with Crippen molar-refractivity contribution in [2.75, 3.05) is 11.9 Å². The molecule has 1 aromatic heterocycles. The molecule has 12 heteroatoms. The van der Waals surface area contributed by atoms with Crippen molar-refractivity contribution in [3.63, 3.8) is 0 Å². The van der Waals surface area contributed by atoms with Crippen LogP contribution in [0, 0.1) is 5.82 Å². The first-order valence-electron chi connectivity index (χ1n) is 13.1. The maximum atomic E-state index is 15.5. The third-order valence-electron chi connectivity index (χ3n) is 7.94. The number of nitrogens with zero attached hydrogens (tertiary/aromatic N) is 3. The number of hydrogen-bond acceptors (Lipinski definition) is 6. The van der Waals surface area contributed by atoms with Crippen molar-refractivity contribution in [2.24, 2.45) is 0 Å². The number of amides is 2. The number of nitrogens with one attached hydrogen (secondary N) is 1. The zero-order chi connectivity index (χ0) is 29.0.